The van der Waals surface area contributed by atoms with Gasteiger partial charge in [-0.15, -0.1) is 0 Å². The van der Waals surface area contributed by atoms with E-state index in [1.165, 1.54) is 6.26 Å². The van der Waals surface area contributed by atoms with E-state index in [-0.39, 0.29) is 23.4 Å². The van der Waals surface area contributed by atoms with Crippen LogP contribution >= 0.6 is 0 Å². The Morgan fingerprint density at radius 1 is 1.19 bits per heavy atom. The molecule has 3 atom stereocenters. The molecule has 0 amide bonds. The predicted octanol–water partition coefficient (Wildman–Crippen LogP) is 1.14. The highest BCUT2D eigenvalue weighted by atomic mass is 32.2. The number of rotatable bonds is 4. The summed E-state index contributed by atoms with van der Waals surface area (Å²) in [5, 5.41) is 0. The average Bonchev–Trinajstić information content (AvgIpc) is 3.11. The van der Waals surface area contributed by atoms with Crippen molar-refractivity contribution in [2.45, 2.75) is 19.5 Å². The summed E-state index contributed by atoms with van der Waals surface area (Å²) in [7, 11) is -3.27. The number of H-pyrrole nitrogens is 1. The third-order valence-corrected chi connectivity index (χ3v) is 6.79. The lowest BCUT2D eigenvalue weighted by atomic mass is 9.90. The van der Waals surface area contributed by atoms with Crippen LogP contribution in [0.25, 0.3) is 0 Å². The number of aromatic amines is 1. The van der Waals surface area contributed by atoms with Crippen molar-refractivity contribution >= 4 is 10.0 Å². The number of benzene rings is 1. The lowest BCUT2D eigenvalue weighted by molar-refractivity contribution is 0.258. The van der Waals surface area contributed by atoms with E-state index in [0.29, 0.717) is 18.9 Å². The zero-order chi connectivity index (χ0) is 19.2. The number of aromatic nitrogens is 2. The van der Waals surface area contributed by atoms with E-state index in [1.54, 1.807) is 17.3 Å². The molecule has 2 fully saturated rings. The van der Waals surface area contributed by atoms with Crippen molar-refractivity contribution in [1.29, 1.82) is 0 Å². The van der Waals surface area contributed by atoms with E-state index in [0.717, 1.165) is 24.3 Å². The van der Waals surface area contributed by atoms with Crippen molar-refractivity contribution in [2.75, 3.05) is 25.9 Å². The van der Waals surface area contributed by atoms with Crippen molar-refractivity contribution in [3.63, 3.8) is 0 Å². The van der Waals surface area contributed by atoms with Crippen LogP contribution in [0.3, 0.4) is 0 Å². The number of likely N-dealkylation sites (tertiary alicyclic amines) is 1. The maximum Gasteiger partial charge on any atom is 0.251 e. The number of hydrogen-bond acceptors (Lipinski definition) is 5. The quantitative estimate of drug-likeness (QED) is 0.849. The van der Waals surface area contributed by atoms with Crippen LogP contribution in [0.1, 0.15) is 23.1 Å². The molecule has 7 nitrogen and oxygen atoms in total. The highest BCUT2D eigenvalue weighted by molar-refractivity contribution is 7.88. The second-order valence-corrected chi connectivity index (χ2v) is 9.56. The molecule has 1 N–H and O–H groups in total. The molecule has 1 aromatic heterocycles. The minimum atomic E-state index is -3.27. The van der Waals surface area contributed by atoms with Crippen molar-refractivity contribution in [3.8, 4) is 0 Å². The molecule has 0 unspecified atom stereocenters. The zero-order valence-electron chi connectivity index (χ0n) is 15.5. The van der Waals surface area contributed by atoms with Gasteiger partial charge in [-0.25, -0.2) is 13.4 Å². The van der Waals surface area contributed by atoms with E-state index in [2.05, 4.69) is 14.9 Å². The molecule has 0 bridgehead atoms. The lowest BCUT2D eigenvalue weighted by Gasteiger charge is -2.28. The standard InChI is InChI=1S/C19H24N4O3S/c1-13-20-16(8-18(24)21-13)11-22-9-15-10-23(27(2,25)26)19(17(15)12-22)14-6-4-3-5-7-14/h3-8,15,17,19H,9-12H2,1-2H3,(H,20,21,24)/t15-,17-,19+/m1/s1. The number of aryl methyl sites for hydroxylation is 1. The van der Waals surface area contributed by atoms with E-state index < -0.39 is 10.0 Å². The molecule has 1 aromatic carbocycles. The number of fused-ring (bicyclic) bond motifs is 1. The molecule has 3 heterocycles. The van der Waals surface area contributed by atoms with Gasteiger partial charge in [-0.1, -0.05) is 30.3 Å². The first-order valence-electron chi connectivity index (χ1n) is 9.12. The molecule has 27 heavy (non-hydrogen) atoms. The Kier molecular flexibility index (Phi) is 4.65. The fourth-order valence-corrected chi connectivity index (χ4v) is 5.74. The number of sulfonamides is 1. The second kappa shape index (κ2) is 6.85. The van der Waals surface area contributed by atoms with Gasteiger partial charge in [-0.05, 0) is 24.3 Å². The molecule has 2 saturated heterocycles. The van der Waals surface area contributed by atoms with Crippen molar-refractivity contribution in [2.24, 2.45) is 11.8 Å². The van der Waals surface area contributed by atoms with Crippen LogP contribution in [0.5, 0.6) is 0 Å². The van der Waals surface area contributed by atoms with Crippen LogP contribution in [0.2, 0.25) is 0 Å². The molecule has 4 rings (SSSR count). The monoisotopic (exact) mass is 388 g/mol. The zero-order valence-corrected chi connectivity index (χ0v) is 16.3. The van der Waals surface area contributed by atoms with Crippen LogP contribution < -0.4 is 5.56 Å². The summed E-state index contributed by atoms with van der Waals surface area (Å²) in [6, 6.07) is 11.3. The summed E-state index contributed by atoms with van der Waals surface area (Å²) < 4.78 is 26.4. The Balaban J connectivity index is 1.58. The van der Waals surface area contributed by atoms with Gasteiger partial charge in [0.2, 0.25) is 10.0 Å². The van der Waals surface area contributed by atoms with Crippen LogP contribution in [0.4, 0.5) is 0 Å². The third-order valence-electron chi connectivity index (χ3n) is 5.56. The van der Waals surface area contributed by atoms with Gasteiger partial charge in [0, 0.05) is 32.2 Å². The summed E-state index contributed by atoms with van der Waals surface area (Å²) in [4.78, 5) is 21.1. The van der Waals surface area contributed by atoms with Crippen LogP contribution in [0.15, 0.2) is 41.2 Å². The fourth-order valence-electron chi connectivity index (χ4n) is 4.58. The molecular formula is C19H24N4O3S. The summed E-state index contributed by atoms with van der Waals surface area (Å²) in [6.45, 7) is 4.54. The average molecular weight is 388 g/mol. The van der Waals surface area contributed by atoms with Gasteiger partial charge in [-0.3, -0.25) is 9.69 Å². The Morgan fingerprint density at radius 2 is 1.93 bits per heavy atom. The lowest BCUT2D eigenvalue weighted by Crippen LogP contribution is -2.35. The molecule has 8 heteroatoms. The van der Waals surface area contributed by atoms with Crippen LogP contribution in [-0.4, -0.2) is 53.5 Å². The van der Waals surface area contributed by atoms with E-state index in [9.17, 15) is 13.2 Å². The van der Waals surface area contributed by atoms with Gasteiger partial charge >= 0.3 is 0 Å². The Labute approximate surface area is 159 Å². The van der Waals surface area contributed by atoms with Gasteiger partial charge in [0.15, 0.2) is 0 Å². The van der Waals surface area contributed by atoms with Gasteiger partial charge < -0.3 is 4.98 Å². The second-order valence-electron chi connectivity index (χ2n) is 7.63. The number of nitrogens with zero attached hydrogens (tertiary/aromatic N) is 3. The highest BCUT2D eigenvalue weighted by Crippen LogP contribution is 2.46. The molecule has 2 aliphatic rings. The molecular weight excluding hydrogens is 364 g/mol. The maximum absolute atomic E-state index is 12.4. The van der Waals surface area contributed by atoms with Crippen molar-refractivity contribution < 1.29 is 8.42 Å². The largest absolute Gasteiger partial charge is 0.311 e. The Morgan fingerprint density at radius 3 is 2.59 bits per heavy atom. The molecule has 2 aliphatic heterocycles. The first-order valence-corrected chi connectivity index (χ1v) is 11.0. The van der Waals surface area contributed by atoms with Crippen molar-refractivity contribution in [3.05, 3.63) is 63.8 Å². The Bertz CT molecular complexity index is 990. The van der Waals surface area contributed by atoms with Gasteiger partial charge in [0.05, 0.1) is 18.0 Å². The maximum atomic E-state index is 12.4. The van der Waals surface area contributed by atoms with E-state index in [1.807, 2.05) is 30.3 Å². The SMILES string of the molecule is Cc1nc(CN2C[C@@H]3CN(S(C)(=O)=O)[C@@H](c4ccccc4)[C@@H]3C2)cc(=O)[nH]1. The summed E-state index contributed by atoms with van der Waals surface area (Å²) in [5.74, 6) is 1.14. The van der Waals surface area contributed by atoms with Gasteiger partial charge in [0.25, 0.3) is 5.56 Å². The fraction of sp³-hybridized carbons (Fsp3) is 0.474. The highest BCUT2D eigenvalue weighted by Gasteiger charge is 2.50. The predicted molar refractivity (Wildman–Crippen MR) is 103 cm³/mol. The molecule has 0 aliphatic carbocycles. The number of hydrogen-bond donors (Lipinski definition) is 1. The minimum absolute atomic E-state index is 0.134. The third kappa shape index (κ3) is 3.69. The summed E-state index contributed by atoms with van der Waals surface area (Å²) in [5.41, 5.74) is 1.66. The van der Waals surface area contributed by atoms with Gasteiger partial charge in [0.1, 0.15) is 5.82 Å². The van der Waals surface area contributed by atoms with Gasteiger partial charge in [-0.2, -0.15) is 4.31 Å². The first-order chi connectivity index (χ1) is 12.8. The van der Waals surface area contributed by atoms with Crippen LogP contribution in [-0.2, 0) is 16.6 Å². The Hall–Kier alpha value is -2.03. The summed E-state index contributed by atoms with van der Waals surface area (Å²) in [6.07, 6.45) is 1.30. The van der Waals surface area contributed by atoms with Crippen LogP contribution in [0, 0.1) is 18.8 Å². The number of nitrogens with one attached hydrogen (secondary N) is 1. The normalized spacial score (nSPS) is 26.4. The smallest absolute Gasteiger partial charge is 0.251 e. The van der Waals surface area contributed by atoms with E-state index >= 15 is 0 Å². The molecule has 0 radical (unpaired) electrons. The van der Waals surface area contributed by atoms with Crippen molar-refractivity contribution in [1.82, 2.24) is 19.2 Å². The summed E-state index contributed by atoms with van der Waals surface area (Å²) >= 11 is 0. The molecule has 0 saturated carbocycles. The minimum Gasteiger partial charge on any atom is -0.311 e. The first kappa shape index (κ1) is 18.3. The topological polar surface area (TPSA) is 86.4 Å². The van der Waals surface area contributed by atoms with E-state index in [4.69, 9.17) is 0 Å². The molecule has 0 spiro atoms. The molecule has 144 valence electrons. The molecule has 2 aromatic rings.